The van der Waals surface area contributed by atoms with Crippen LogP contribution in [0.3, 0.4) is 0 Å². The van der Waals surface area contributed by atoms with Crippen LogP contribution in [0, 0.1) is 5.92 Å². The average Bonchev–Trinajstić information content (AvgIpc) is 2.92. The van der Waals surface area contributed by atoms with Crippen molar-refractivity contribution in [3.05, 3.63) is 24.2 Å². The van der Waals surface area contributed by atoms with Gasteiger partial charge in [0.15, 0.2) is 0 Å². The zero-order valence-corrected chi connectivity index (χ0v) is 10.3. The third-order valence-electron chi connectivity index (χ3n) is 3.76. The topological polar surface area (TPSA) is 42.4 Å². The van der Waals surface area contributed by atoms with Gasteiger partial charge in [-0.3, -0.25) is 4.90 Å². The van der Waals surface area contributed by atoms with Crippen molar-refractivity contribution >= 4 is 0 Å². The first-order valence-electron chi connectivity index (χ1n) is 6.08. The summed E-state index contributed by atoms with van der Waals surface area (Å²) in [5.41, 5.74) is 6.05. The van der Waals surface area contributed by atoms with Gasteiger partial charge in [0.25, 0.3) is 0 Å². The fourth-order valence-electron chi connectivity index (χ4n) is 2.17. The molecule has 2 rings (SSSR count). The summed E-state index contributed by atoms with van der Waals surface area (Å²) in [7, 11) is 2.14. The second-order valence-corrected chi connectivity index (χ2v) is 5.28. The predicted octanol–water partition coefficient (Wildman–Crippen LogP) is 2.23. The molecule has 3 heteroatoms. The Morgan fingerprint density at radius 2 is 2.31 bits per heavy atom. The average molecular weight is 222 g/mol. The van der Waals surface area contributed by atoms with Gasteiger partial charge in [-0.25, -0.2) is 0 Å². The Morgan fingerprint density at radius 1 is 1.56 bits per heavy atom. The first kappa shape index (κ1) is 11.7. The third kappa shape index (κ3) is 2.66. The van der Waals surface area contributed by atoms with E-state index in [-0.39, 0.29) is 5.54 Å². The van der Waals surface area contributed by atoms with Gasteiger partial charge in [-0.15, -0.1) is 0 Å². The van der Waals surface area contributed by atoms with Crippen molar-refractivity contribution in [3.63, 3.8) is 0 Å². The Hall–Kier alpha value is -0.800. The standard InChI is InChI=1S/C13H22N2O/c1-13(10-14,8-11-5-6-11)15(2)9-12-4-3-7-16-12/h3-4,7,11H,5-6,8-10,14H2,1-2H3. The van der Waals surface area contributed by atoms with Crippen LogP contribution < -0.4 is 5.73 Å². The number of likely N-dealkylation sites (N-methyl/N-ethyl adjacent to an activating group) is 1. The molecule has 0 bridgehead atoms. The van der Waals surface area contributed by atoms with Gasteiger partial charge in [-0.2, -0.15) is 0 Å². The summed E-state index contributed by atoms with van der Waals surface area (Å²) in [5.74, 6) is 1.91. The molecule has 0 saturated heterocycles. The number of hydrogen-bond acceptors (Lipinski definition) is 3. The molecule has 1 heterocycles. The van der Waals surface area contributed by atoms with Gasteiger partial charge in [-0.1, -0.05) is 12.8 Å². The molecule has 1 atom stereocenters. The Morgan fingerprint density at radius 3 is 2.81 bits per heavy atom. The van der Waals surface area contributed by atoms with Crippen LogP contribution in [-0.2, 0) is 6.54 Å². The molecule has 1 unspecified atom stereocenters. The van der Waals surface area contributed by atoms with Crippen LogP contribution in [0.25, 0.3) is 0 Å². The number of hydrogen-bond donors (Lipinski definition) is 1. The molecule has 1 aliphatic rings. The lowest BCUT2D eigenvalue weighted by Crippen LogP contribution is -2.49. The summed E-state index contributed by atoms with van der Waals surface area (Å²) >= 11 is 0. The fourth-order valence-corrected chi connectivity index (χ4v) is 2.17. The highest BCUT2D eigenvalue weighted by Gasteiger charge is 2.35. The van der Waals surface area contributed by atoms with Gasteiger partial charge in [0.05, 0.1) is 12.8 Å². The summed E-state index contributed by atoms with van der Waals surface area (Å²) in [5, 5.41) is 0. The molecule has 90 valence electrons. The molecule has 0 radical (unpaired) electrons. The Labute approximate surface area is 97.6 Å². The molecule has 16 heavy (non-hydrogen) atoms. The third-order valence-corrected chi connectivity index (χ3v) is 3.76. The summed E-state index contributed by atoms with van der Waals surface area (Å²) in [4.78, 5) is 2.32. The number of rotatable bonds is 6. The van der Waals surface area contributed by atoms with Crippen molar-refractivity contribution in [1.29, 1.82) is 0 Å². The van der Waals surface area contributed by atoms with Crippen molar-refractivity contribution in [1.82, 2.24) is 4.90 Å². The van der Waals surface area contributed by atoms with Crippen molar-refractivity contribution in [2.45, 2.75) is 38.3 Å². The largest absolute Gasteiger partial charge is 0.468 e. The minimum Gasteiger partial charge on any atom is -0.468 e. The van der Waals surface area contributed by atoms with Gasteiger partial charge >= 0.3 is 0 Å². The van der Waals surface area contributed by atoms with Gasteiger partial charge in [0.1, 0.15) is 5.76 Å². The molecule has 1 fully saturated rings. The SMILES string of the molecule is CN(Cc1ccco1)C(C)(CN)CC1CC1. The molecular weight excluding hydrogens is 200 g/mol. The summed E-state index contributed by atoms with van der Waals surface area (Å²) in [6.07, 6.45) is 5.69. The molecular formula is C13H22N2O. The monoisotopic (exact) mass is 222 g/mol. The van der Waals surface area contributed by atoms with E-state index in [4.69, 9.17) is 10.2 Å². The van der Waals surface area contributed by atoms with E-state index >= 15 is 0 Å². The van der Waals surface area contributed by atoms with Crippen LogP contribution in [0.5, 0.6) is 0 Å². The fraction of sp³-hybridized carbons (Fsp3) is 0.692. The highest BCUT2D eigenvalue weighted by Crippen LogP contribution is 2.38. The zero-order valence-electron chi connectivity index (χ0n) is 10.3. The van der Waals surface area contributed by atoms with E-state index in [2.05, 4.69) is 18.9 Å². The molecule has 3 nitrogen and oxygen atoms in total. The van der Waals surface area contributed by atoms with Crippen LogP contribution in [0.2, 0.25) is 0 Å². The molecule has 0 aromatic carbocycles. The lowest BCUT2D eigenvalue weighted by molar-refractivity contribution is 0.111. The van der Waals surface area contributed by atoms with Crippen molar-refractivity contribution in [2.24, 2.45) is 11.7 Å². The maximum atomic E-state index is 5.94. The molecule has 0 amide bonds. The van der Waals surface area contributed by atoms with E-state index in [1.165, 1.54) is 19.3 Å². The smallest absolute Gasteiger partial charge is 0.117 e. The highest BCUT2D eigenvalue weighted by molar-refractivity contribution is 5.00. The van der Waals surface area contributed by atoms with Crippen LogP contribution >= 0.6 is 0 Å². The first-order chi connectivity index (χ1) is 7.64. The van der Waals surface area contributed by atoms with E-state index in [1.807, 2.05) is 12.1 Å². The molecule has 2 N–H and O–H groups in total. The highest BCUT2D eigenvalue weighted by atomic mass is 16.3. The van der Waals surface area contributed by atoms with Crippen LogP contribution in [-0.4, -0.2) is 24.0 Å². The van der Waals surface area contributed by atoms with Crippen LogP contribution in [0.4, 0.5) is 0 Å². The maximum Gasteiger partial charge on any atom is 0.117 e. The van der Waals surface area contributed by atoms with Crippen molar-refractivity contribution in [2.75, 3.05) is 13.6 Å². The minimum atomic E-state index is 0.105. The Bertz CT molecular complexity index is 319. The van der Waals surface area contributed by atoms with E-state index in [0.717, 1.165) is 18.2 Å². The number of nitrogens with two attached hydrogens (primary N) is 1. The lowest BCUT2D eigenvalue weighted by atomic mass is 9.93. The maximum absolute atomic E-state index is 5.94. The van der Waals surface area contributed by atoms with Crippen LogP contribution in [0.15, 0.2) is 22.8 Å². The van der Waals surface area contributed by atoms with Gasteiger partial charge in [0, 0.05) is 12.1 Å². The summed E-state index contributed by atoms with van der Waals surface area (Å²) < 4.78 is 5.38. The number of furan rings is 1. The molecule has 1 saturated carbocycles. The normalized spacial score (nSPS) is 20.0. The zero-order chi connectivity index (χ0) is 11.6. The van der Waals surface area contributed by atoms with Crippen molar-refractivity contribution < 1.29 is 4.42 Å². The van der Waals surface area contributed by atoms with E-state index in [0.29, 0.717) is 6.54 Å². The second kappa shape index (κ2) is 4.60. The molecule has 0 aliphatic heterocycles. The molecule has 1 aromatic heterocycles. The minimum absolute atomic E-state index is 0.105. The quantitative estimate of drug-likeness (QED) is 0.802. The second-order valence-electron chi connectivity index (χ2n) is 5.28. The summed E-state index contributed by atoms with van der Waals surface area (Å²) in [6.45, 7) is 3.81. The lowest BCUT2D eigenvalue weighted by Gasteiger charge is -2.38. The first-order valence-corrected chi connectivity index (χ1v) is 6.08. The van der Waals surface area contributed by atoms with Gasteiger partial charge in [-0.05, 0) is 38.4 Å². The van der Waals surface area contributed by atoms with Gasteiger partial charge < -0.3 is 10.2 Å². The molecule has 1 aromatic rings. The Balaban J connectivity index is 1.96. The van der Waals surface area contributed by atoms with E-state index in [1.54, 1.807) is 6.26 Å². The summed E-state index contributed by atoms with van der Waals surface area (Å²) in [6, 6.07) is 3.95. The molecule has 0 spiro atoms. The predicted molar refractivity (Wildman–Crippen MR) is 65.0 cm³/mol. The van der Waals surface area contributed by atoms with Crippen LogP contribution in [0.1, 0.15) is 31.9 Å². The Kier molecular flexibility index (Phi) is 3.36. The van der Waals surface area contributed by atoms with E-state index < -0.39 is 0 Å². The van der Waals surface area contributed by atoms with E-state index in [9.17, 15) is 0 Å². The number of nitrogens with zero attached hydrogens (tertiary/aromatic N) is 1. The van der Waals surface area contributed by atoms with Crippen molar-refractivity contribution in [3.8, 4) is 0 Å². The van der Waals surface area contributed by atoms with Gasteiger partial charge in [0.2, 0.25) is 0 Å². The molecule has 1 aliphatic carbocycles.